The van der Waals surface area contributed by atoms with Crippen molar-refractivity contribution in [2.75, 3.05) is 25.0 Å². The fourth-order valence-corrected chi connectivity index (χ4v) is 1.89. The third-order valence-corrected chi connectivity index (χ3v) is 2.81. The van der Waals surface area contributed by atoms with Crippen molar-refractivity contribution < 1.29 is 13.9 Å². The molecule has 6 heteroatoms. The maximum atomic E-state index is 13.5. The molecule has 1 aromatic rings. The highest BCUT2D eigenvalue weighted by Crippen LogP contribution is 2.16. The zero-order valence-corrected chi connectivity index (χ0v) is 11.6. The first-order valence-electron chi connectivity index (χ1n) is 6.03. The van der Waals surface area contributed by atoms with Crippen LogP contribution >= 0.6 is 12.4 Å². The molecule has 4 nitrogen and oxygen atoms in total. The predicted molar refractivity (Wildman–Crippen MR) is 74.2 cm³/mol. The average molecular weight is 289 g/mol. The van der Waals surface area contributed by atoms with E-state index in [9.17, 15) is 9.18 Å². The first-order valence-corrected chi connectivity index (χ1v) is 6.03. The molecule has 1 amide bonds. The van der Waals surface area contributed by atoms with Crippen molar-refractivity contribution in [3.8, 4) is 0 Å². The SMILES string of the molecule is Cc1ccc(F)c(NC(=O)CC2CNCCO2)c1.Cl. The second-order valence-corrected chi connectivity index (χ2v) is 4.43. The lowest BCUT2D eigenvalue weighted by atomic mass is 10.2. The first-order chi connectivity index (χ1) is 8.65. The van der Waals surface area contributed by atoms with Crippen LogP contribution in [0.4, 0.5) is 10.1 Å². The number of anilines is 1. The lowest BCUT2D eigenvalue weighted by Crippen LogP contribution is -2.40. The second-order valence-electron chi connectivity index (χ2n) is 4.43. The fraction of sp³-hybridized carbons (Fsp3) is 0.462. The number of benzene rings is 1. The molecule has 19 heavy (non-hydrogen) atoms. The van der Waals surface area contributed by atoms with E-state index in [2.05, 4.69) is 10.6 Å². The molecule has 2 rings (SSSR count). The number of morpholine rings is 1. The van der Waals surface area contributed by atoms with Crippen LogP contribution in [0.5, 0.6) is 0 Å². The highest BCUT2D eigenvalue weighted by molar-refractivity contribution is 5.91. The Bertz CT molecular complexity index is 437. The summed E-state index contributed by atoms with van der Waals surface area (Å²) < 4.78 is 18.9. The van der Waals surface area contributed by atoms with Gasteiger partial charge in [-0.3, -0.25) is 4.79 Å². The van der Waals surface area contributed by atoms with E-state index in [0.717, 1.165) is 12.1 Å². The van der Waals surface area contributed by atoms with E-state index in [1.54, 1.807) is 12.1 Å². The van der Waals surface area contributed by atoms with Gasteiger partial charge in [0, 0.05) is 13.1 Å². The van der Waals surface area contributed by atoms with E-state index in [0.29, 0.717) is 13.2 Å². The molecule has 0 saturated carbocycles. The van der Waals surface area contributed by atoms with Gasteiger partial charge in [0.05, 0.1) is 24.8 Å². The Morgan fingerprint density at radius 2 is 2.37 bits per heavy atom. The summed E-state index contributed by atoms with van der Waals surface area (Å²) in [6.07, 6.45) is 0.104. The minimum atomic E-state index is -0.420. The van der Waals surface area contributed by atoms with E-state index in [1.165, 1.54) is 6.07 Å². The molecule has 1 unspecified atom stereocenters. The summed E-state index contributed by atoms with van der Waals surface area (Å²) in [7, 11) is 0. The molecule has 0 radical (unpaired) electrons. The highest BCUT2D eigenvalue weighted by Gasteiger charge is 2.18. The smallest absolute Gasteiger partial charge is 0.227 e. The molecule has 1 heterocycles. The molecule has 1 aliphatic rings. The summed E-state index contributed by atoms with van der Waals surface area (Å²) in [6.45, 7) is 3.92. The molecule has 106 valence electrons. The Balaban J connectivity index is 0.00000180. The first kappa shape index (κ1) is 15.9. The zero-order valence-electron chi connectivity index (χ0n) is 10.7. The van der Waals surface area contributed by atoms with Crippen LogP contribution in [-0.2, 0) is 9.53 Å². The summed E-state index contributed by atoms with van der Waals surface area (Å²) in [5.74, 6) is -0.648. The Labute approximate surface area is 118 Å². The summed E-state index contributed by atoms with van der Waals surface area (Å²) in [4.78, 5) is 11.8. The quantitative estimate of drug-likeness (QED) is 0.893. The van der Waals surface area contributed by atoms with Gasteiger partial charge in [-0.25, -0.2) is 4.39 Å². The van der Waals surface area contributed by atoms with Gasteiger partial charge in [0.1, 0.15) is 5.82 Å². The lowest BCUT2D eigenvalue weighted by molar-refractivity contribution is -0.119. The summed E-state index contributed by atoms with van der Waals surface area (Å²) >= 11 is 0. The van der Waals surface area contributed by atoms with Gasteiger partial charge in [-0.15, -0.1) is 12.4 Å². The standard InChI is InChI=1S/C13H17FN2O2.ClH/c1-9-2-3-11(14)12(6-9)16-13(17)7-10-8-15-4-5-18-10;/h2-3,6,10,15H,4-5,7-8H2,1H3,(H,16,17);1H. The van der Waals surface area contributed by atoms with Crippen molar-refractivity contribution >= 4 is 24.0 Å². The molecular weight excluding hydrogens is 271 g/mol. The normalized spacial score (nSPS) is 18.5. The van der Waals surface area contributed by atoms with Crippen molar-refractivity contribution in [2.24, 2.45) is 0 Å². The molecule has 0 aliphatic carbocycles. The van der Waals surface area contributed by atoms with Crippen LogP contribution in [0.3, 0.4) is 0 Å². The molecule has 0 aromatic heterocycles. The van der Waals surface area contributed by atoms with Gasteiger partial charge in [-0.2, -0.15) is 0 Å². The van der Waals surface area contributed by atoms with E-state index in [4.69, 9.17) is 4.74 Å². The summed E-state index contributed by atoms with van der Waals surface area (Å²) in [6, 6.07) is 4.63. The van der Waals surface area contributed by atoms with E-state index in [-0.39, 0.29) is 36.5 Å². The number of carbonyl (C=O) groups excluding carboxylic acids is 1. The number of hydrogen-bond acceptors (Lipinski definition) is 3. The number of nitrogens with one attached hydrogen (secondary N) is 2. The van der Waals surface area contributed by atoms with E-state index in [1.807, 2.05) is 6.92 Å². The Morgan fingerprint density at radius 3 is 3.05 bits per heavy atom. The van der Waals surface area contributed by atoms with Gasteiger partial charge >= 0.3 is 0 Å². The van der Waals surface area contributed by atoms with Crippen molar-refractivity contribution in [2.45, 2.75) is 19.4 Å². The van der Waals surface area contributed by atoms with E-state index < -0.39 is 5.82 Å². The number of amides is 1. The third kappa shape index (κ3) is 4.78. The lowest BCUT2D eigenvalue weighted by Gasteiger charge is -2.23. The van der Waals surface area contributed by atoms with Crippen LogP contribution in [0.15, 0.2) is 18.2 Å². The van der Waals surface area contributed by atoms with Crippen LogP contribution in [0.2, 0.25) is 0 Å². The molecule has 1 saturated heterocycles. The molecular formula is C13H18ClFN2O2. The Hall–Kier alpha value is -1.17. The van der Waals surface area contributed by atoms with Gasteiger partial charge in [-0.1, -0.05) is 6.07 Å². The molecule has 0 bridgehead atoms. The molecule has 1 aliphatic heterocycles. The maximum Gasteiger partial charge on any atom is 0.227 e. The minimum Gasteiger partial charge on any atom is -0.375 e. The van der Waals surface area contributed by atoms with Gasteiger partial charge in [-0.05, 0) is 24.6 Å². The second kappa shape index (κ2) is 7.43. The van der Waals surface area contributed by atoms with Crippen molar-refractivity contribution in [1.82, 2.24) is 5.32 Å². The monoisotopic (exact) mass is 288 g/mol. The molecule has 1 fully saturated rings. The number of carbonyl (C=O) groups is 1. The number of ether oxygens (including phenoxy) is 1. The average Bonchev–Trinajstić information content (AvgIpc) is 2.35. The number of rotatable bonds is 3. The van der Waals surface area contributed by atoms with Crippen LogP contribution in [0.25, 0.3) is 0 Å². The summed E-state index contributed by atoms with van der Waals surface area (Å²) in [5.41, 5.74) is 1.13. The zero-order chi connectivity index (χ0) is 13.0. The topological polar surface area (TPSA) is 50.4 Å². The number of aryl methyl sites for hydroxylation is 1. The Kier molecular flexibility index (Phi) is 6.21. The molecule has 1 atom stereocenters. The van der Waals surface area contributed by atoms with Crippen molar-refractivity contribution in [3.05, 3.63) is 29.6 Å². The summed E-state index contributed by atoms with van der Waals surface area (Å²) in [5, 5.41) is 5.72. The molecule has 1 aromatic carbocycles. The largest absolute Gasteiger partial charge is 0.375 e. The Morgan fingerprint density at radius 1 is 1.58 bits per heavy atom. The van der Waals surface area contributed by atoms with Gasteiger partial charge in [0.2, 0.25) is 5.91 Å². The van der Waals surface area contributed by atoms with Crippen LogP contribution in [-0.4, -0.2) is 31.7 Å². The fourth-order valence-electron chi connectivity index (χ4n) is 1.89. The predicted octanol–water partition coefficient (Wildman–Crippen LogP) is 1.87. The maximum absolute atomic E-state index is 13.5. The molecule has 2 N–H and O–H groups in total. The molecule has 0 spiro atoms. The number of halogens is 2. The number of hydrogen-bond donors (Lipinski definition) is 2. The van der Waals surface area contributed by atoms with Crippen LogP contribution in [0, 0.1) is 12.7 Å². The van der Waals surface area contributed by atoms with Crippen LogP contribution < -0.4 is 10.6 Å². The van der Waals surface area contributed by atoms with Gasteiger partial charge in [0.15, 0.2) is 0 Å². The van der Waals surface area contributed by atoms with Gasteiger partial charge in [0.25, 0.3) is 0 Å². The van der Waals surface area contributed by atoms with Crippen LogP contribution in [0.1, 0.15) is 12.0 Å². The third-order valence-electron chi connectivity index (χ3n) is 2.81. The highest BCUT2D eigenvalue weighted by atomic mass is 35.5. The van der Waals surface area contributed by atoms with Crippen molar-refractivity contribution in [3.63, 3.8) is 0 Å². The van der Waals surface area contributed by atoms with Gasteiger partial charge < -0.3 is 15.4 Å². The minimum absolute atomic E-state index is 0. The van der Waals surface area contributed by atoms with Crippen molar-refractivity contribution in [1.29, 1.82) is 0 Å². The van der Waals surface area contributed by atoms with E-state index >= 15 is 0 Å².